The first-order chi connectivity index (χ1) is 8.84. The summed E-state index contributed by atoms with van der Waals surface area (Å²) in [5.74, 6) is 0.429. The number of anilines is 1. The highest BCUT2D eigenvalue weighted by Crippen LogP contribution is 2.16. The third-order valence-corrected chi connectivity index (χ3v) is 2.92. The molecule has 0 aliphatic carbocycles. The fraction of sp³-hybridized carbons (Fsp3) is 0.364. The third kappa shape index (κ3) is 2.04. The van der Waals surface area contributed by atoms with Gasteiger partial charge in [0.2, 0.25) is 5.95 Å². The molecule has 0 amide bonds. The summed E-state index contributed by atoms with van der Waals surface area (Å²) in [6, 6.07) is 6.13. The van der Waals surface area contributed by atoms with Crippen molar-refractivity contribution in [3.8, 4) is 5.69 Å². The van der Waals surface area contributed by atoms with Crippen LogP contribution in [0.4, 0.5) is 10.3 Å². The van der Waals surface area contributed by atoms with E-state index in [-0.39, 0.29) is 5.82 Å². The Kier molecular flexibility index (Phi) is 2.89. The first-order valence-corrected chi connectivity index (χ1v) is 5.84. The van der Waals surface area contributed by atoms with Gasteiger partial charge in [0.15, 0.2) is 0 Å². The predicted molar refractivity (Wildman–Crippen MR) is 64.2 cm³/mol. The molecule has 1 aliphatic rings. The fourth-order valence-electron chi connectivity index (χ4n) is 1.99. The summed E-state index contributed by atoms with van der Waals surface area (Å²) in [7, 11) is 0. The van der Waals surface area contributed by atoms with E-state index in [1.807, 2.05) is 0 Å². The molecule has 0 bridgehead atoms. The van der Waals surface area contributed by atoms with E-state index in [2.05, 4.69) is 25.7 Å². The summed E-state index contributed by atoms with van der Waals surface area (Å²) in [5.41, 5.74) is 0.759. The number of hydrogen-bond donors (Lipinski definition) is 1. The van der Waals surface area contributed by atoms with E-state index >= 15 is 0 Å². The second-order valence-electron chi connectivity index (χ2n) is 4.10. The highest BCUT2D eigenvalue weighted by Gasteiger charge is 2.18. The van der Waals surface area contributed by atoms with E-state index in [1.54, 1.807) is 16.8 Å². The van der Waals surface area contributed by atoms with Gasteiger partial charge in [0.1, 0.15) is 5.82 Å². The lowest BCUT2D eigenvalue weighted by Crippen LogP contribution is -2.44. The summed E-state index contributed by atoms with van der Waals surface area (Å²) in [6.07, 6.45) is 0. The van der Waals surface area contributed by atoms with Gasteiger partial charge in [0, 0.05) is 26.2 Å². The Hall–Kier alpha value is -2.02. The highest BCUT2D eigenvalue weighted by atomic mass is 19.1. The van der Waals surface area contributed by atoms with Crippen LogP contribution in [0.15, 0.2) is 24.3 Å². The van der Waals surface area contributed by atoms with Gasteiger partial charge in [-0.25, -0.2) is 4.39 Å². The van der Waals surface area contributed by atoms with E-state index in [9.17, 15) is 4.39 Å². The summed E-state index contributed by atoms with van der Waals surface area (Å²) in [4.78, 5) is 2.11. The molecule has 0 atom stereocenters. The molecular formula is C11H13FN6. The molecule has 18 heavy (non-hydrogen) atoms. The maximum absolute atomic E-state index is 12.9. The maximum Gasteiger partial charge on any atom is 0.250 e. The largest absolute Gasteiger partial charge is 0.337 e. The minimum Gasteiger partial charge on any atom is -0.337 e. The lowest BCUT2D eigenvalue weighted by Gasteiger charge is -2.27. The number of hydrogen-bond acceptors (Lipinski definition) is 5. The molecule has 7 heteroatoms. The number of halogens is 1. The molecule has 2 heterocycles. The molecule has 94 valence electrons. The van der Waals surface area contributed by atoms with Crippen molar-refractivity contribution in [1.82, 2.24) is 25.5 Å². The van der Waals surface area contributed by atoms with Crippen LogP contribution in [0.1, 0.15) is 0 Å². The van der Waals surface area contributed by atoms with Gasteiger partial charge in [-0.1, -0.05) is 5.10 Å². The van der Waals surface area contributed by atoms with Crippen molar-refractivity contribution in [2.45, 2.75) is 0 Å². The molecule has 1 aliphatic heterocycles. The quantitative estimate of drug-likeness (QED) is 0.823. The van der Waals surface area contributed by atoms with Crippen molar-refractivity contribution >= 4 is 5.95 Å². The molecule has 1 fully saturated rings. The van der Waals surface area contributed by atoms with Gasteiger partial charge < -0.3 is 10.2 Å². The van der Waals surface area contributed by atoms with Crippen molar-refractivity contribution in [2.24, 2.45) is 0 Å². The van der Waals surface area contributed by atoms with E-state index in [0.717, 1.165) is 31.9 Å². The van der Waals surface area contributed by atoms with E-state index in [0.29, 0.717) is 5.95 Å². The lowest BCUT2D eigenvalue weighted by atomic mass is 10.3. The average molecular weight is 248 g/mol. The van der Waals surface area contributed by atoms with Gasteiger partial charge >= 0.3 is 0 Å². The number of benzene rings is 1. The van der Waals surface area contributed by atoms with Crippen LogP contribution in [0.2, 0.25) is 0 Å². The van der Waals surface area contributed by atoms with Crippen molar-refractivity contribution in [3.63, 3.8) is 0 Å². The van der Waals surface area contributed by atoms with Crippen LogP contribution in [0.25, 0.3) is 5.69 Å². The molecule has 0 spiro atoms. The second-order valence-corrected chi connectivity index (χ2v) is 4.10. The van der Waals surface area contributed by atoms with Crippen molar-refractivity contribution < 1.29 is 4.39 Å². The fourth-order valence-corrected chi connectivity index (χ4v) is 1.99. The van der Waals surface area contributed by atoms with Crippen LogP contribution in [-0.4, -0.2) is 46.4 Å². The molecule has 1 saturated heterocycles. The first-order valence-electron chi connectivity index (χ1n) is 5.84. The molecule has 1 aromatic carbocycles. The number of tetrazole rings is 1. The van der Waals surface area contributed by atoms with E-state index in [1.165, 1.54) is 12.1 Å². The average Bonchev–Trinajstić information content (AvgIpc) is 2.90. The van der Waals surface area contributed by atoms with E-state index < -0.39 is 0 Å². The molecular weight excluding hydrogens is 235 g/mol. The minimum absolute atomic E-state index is 0.268. The zero-order chi connectivity index (χ0) is 12.4. The SMILES string of the molecule is Fc1ccc(-n2nnnc2N2CCNCC2)cc1. The van der Waals surface area contributed by atoms with Crippen LogP contribution in [-0.2, 0) is 0 Å². The smallest absolute Gasteiger partial charge is 0.250 e. The molecule has 0 saturated carbocycles. The van der Waals surface area contributed by atoms with Crippen LogP contribution in [0, 0.1) is 5.82 Å². The van der Waals surface area contributed by atoms with Gasteiger partial charge in [0.05, 0.1) is 5.69 Å². The van der Waals surface area contributed by atoms with Gasteiger partial charge in [-0.2, -0.15) is 4.68 Å². The molecule has 2 aromatic rings. The molecule has 1 N–H and O–H groups in total. The molecule has 0 unspecified atom stereocenters. The van der Waals surface area contributed by atoms with E-state index in [4.69, 9.17) is 0 Å². The zero-order valence-corrected chi connectivity index (χ0v) is 9.75. The second kappa shape index (κ2) is 4.69. The summed E-state index contributed by atoms with van der Waals surface area (Å²) < 4.78 is 14.5. The van der Waals surface area contributed by atoms with Crippen LogP contribution >= 0.6 is 0 Å². The van der Waals surface area contributed by atoms with Crippen LogP contribution in [0.5, 0.6) is 0 Å². The first kappa shape index (κ1) is 11.1. The van der Waals surface area contributed by atoms with Gasteiger partial charge in [-0.05, 0) is 34.7 Å². The third-order valence-electron chi connectivity index (χ3n) is 2.92. The van der Waals surface area contributed by atoms with Crippen LogP contribution < -0.4 is 10.2 Å². The topological polar surface area (TPSA) is 58.9 Å². The Labute approximate surface area is 103 Å². The van der Waals surface area contributed by atoms with Crippen molar-refractivity contribution in [3.05, 3.63) is 30.1 Å². The molecule has 3 rings (SSSR count). The number of rotatable bonds is 2. The van der Waals surface area contributed by atoms with Crippen LogP contribution in [0.3, 0.4) is 0 Å². The Morgan fingerprint density at radius 1 is 1.11 bits per heavy atom. The minimum atomic E-state index is -0.268. The molecule has 1 aromatic heterocycles. The monoisotopic (exact) mass is 248 g/mol. The van der Waals surface area contributed by atoms with Gasteiger partial charge in [0.25, 0.3) is 0 Å². The zero-order valence-electron chi connectivity index (χ0n) is 9.75. The number of aromatic nitrogens is 4. The summed E-state index contributed by atoms with van der Waals surface area (Å²) in [6.45, 7) is 3.55. The standard InChI is InChI=1S/C11H13FN6/c12-9-1-3-10(4-2-9)18-11(14-15-16-18)17-7-5-13-6-8-17/h1-4,13H,5-8H2. The predicted octanol–water partition coefficient (Wildman–Crippen LogP) is 0.211. The number of piperazine rings is 1. The Morgan fingerprint density at radius 3 is 2.56 bits per heavy atom. The Balaban J connectivity index is 1.93. The maximum atomic E-state index is 12.9. The van der Waals surface area contributed by atoms with Crippen molar-refractivity contribution in [1.29, 1.82) is 0 Å². The Bertz CT molecular complexity index is 517. The molecule has 0 radical (unpaired) electrons. The summed E-state index contributed by atoms with van der Waals surface area (Å²) >= 11 is 0. The van der Waals surface area contributed by atoms with Gasteiger partial charge in [-0.3, -0.25) is 0 Å². The normalized spacial score (nSPS) is 15.9. The number of nitrogens with zero attached hydrogens (tertiary/aromatic N) is 5. The van der Waals surface area contributed by atoms with Crippen molar-refractivity contribution in [2.75, 3.05) is 31.1 Å². The molecule has 6 nitrogen and oxygen atoms in total. The van der Waals surface area contributed by atoms with Gasteiger partial charge in [-0.15, -0.1) is 0 Å². The lowest BCUT2D eigenvalue weighted by molar-refractivity contribution is 0.574. The Morgan fingerprint density at radius 2 is 1.83 bits per heavy atom. The number of nitrogens with one attached hydrogen (secondary N) is 1. The summed E-state index contributed by atoms with van der Waals surface area (Å²) in [5, 5.41) is 15.0. The highest BCUT2D eigenvalue weighted by molar-refractivity contribution is 5.41.